The molecule has 0 aliphatic rings. The standard InChI is InChI=1S/C19H11Cl2N5O2/c20-17-13(18(21)23-10-22-17)9-24-26-19(27)12-8-15(16-6-3-7-28-16)25-14-5-2-1-4-11(12)14/h1-10H,(H,26,27)/b24-9+. The molecule has 0 atom stereocenters. The van der Waals surface area contributed by atoms with Crippen molar-refractivity contribution in [1.82, 2.24) is 20.4 Å². The van der Waals surface area contributed by atoms with Gasteiger partial charge in [-0.3, -0.25) is 4.79 Å². The Hall–Kier alpha value is -3.29. The summed E-state index contributed by atoms with van der Waals surface area (Å²) in [6.07, 6.45) is 4.07. The van der Waals surface area contributed by atoms with Gasteiger partial charge in [0, 0.05) is 5.39 Å². The molecule has 0 bridgehead atoms. The van der Waals surface area contributed by atoms with E-state index in [-0.39, 0.29) is 10.3 Å². The quantitative estimate of drug-likeness (QED) is 0.306. The fourth-order valence-corrected chi connectivity index (χ4v) is 3.00. The number of nitrogens with zero attached hydrogens (tertiary/aromatic N) is 4. The van der Waals surface area contributed by atoms with Crippen LogP contribution in [0.15, 0.2) is 64.6 Å². The topological polar surface area (TPSA) is 93.3 Å². The molecule has 4 aromatic rings. The van der Waals surface area contributed by atoms with E-state index >= 15 is 0 Å². The van der Waals surface area contributed by atoms with Crippen LogP contribution in [0, 0.1) is 0 Å². The van der Waals surface area contributed by atoms with Crippen molar-refractivity contribution in [3.8, 4) is 11.5 Å². The maximum absolute atomic E-state index is 12.8. The molecular weight excluding hydrogens is 401 g/mol. The Morgan fingerprint density at radius 3 is 2.64 bits per heavy atom. The van der Waals surface area contributed by atoms with Crippen molar-refractivity contribution in [3.63, 3.8) is 0 Å². The van der Waals surface area contributed by atoms with Gasteiger partial charge < -0.3 is 4.42 Å². The normalized spacial score (nSPS) is 11.2. The summed E-state index contributed by atoms with van der Waals surface area (Å²) in [4.78, 5) is 25.0. The third-order valence-electron chi connectivity index (χ3n) is 3.88. The number of aromatic nitrogens is 3. The summed E-state index contributed by atoms with van der Waals surface area (Å²) in [7, 11) is 0. The fourth-order valence-electron chi connectivity index (χ4n) is 2.59. The van der Waals surface area contributed by atoms with Gasteiger partial charge in [0.1, 0.15) is 22.3 Å². The monoisotopic (exact) mass is 411 g/mol. The molecule has 138 valence electrons. The summed E-state index contributed by atoms with van der Waals surface area (Å²) in [5.41, 5.74) is 4.37. The molecule has 3 heterocycles. The lowest BCUT2D eigenvalue weighted by molar-refractivity contribution is 0.0956. The van der Waals surface area contributed by atoms with Gasteiger partial charge in [-0.1, -0.05) is 41.4 Å². The number of amides is 1. The van der Waals surface area contributed by atoms with Crippen LogP contribution in [-0.4, -0.2) is 27.1 Å². The minimum atomic E-state index is -0.424. The van der Waals surface area contributed by atoms with Crippen LogP contribution in [0.3, 0.4) is 0 Å². The van der Waals surface area contributed by atoms with Crippen LogP contribution in [0.5, 0.6) is 0 Å². The number of rotatable bonds is 4. The summed E-state index contributed by atoms with van der Waals surface area (Å²) in [5, 5.41) is 4.87. The lowest BCUT2D eigenvalue weighted by Crippen LogP contribution is -2.18. The highest BCUT2D eigenvalue weighted by atomic mass is 35.5. The number of hydrogen-bond acceptors (Lipinski definition) is 6. The molecule has 9 heteroatoms. The largest absolute Gasteiger partial charge is 0.463 e. The molecule has 28 heavy (non-hydrogen) atoms. The van der Waals surface area contributed by atoms with Gasteiger partial charge in [0.25, 0.3) is 5.91 Å². The summed E-state index contributed by atoms with van der Waals surface area (Å²) < 4.78 is 5.40. The minimum absolute atomic E-state index is 0.132. The Labute approximate surface area is 169 Å². The Morgan fingerprint density at radius 2 is 1.89 bits per heavy atom. The molecule has 4 rings (SSSR count). The molecule has 3 aromatic heterocycles. The number of carbonyl (C=O) groups is 1. The SMILES string of the molecule is O=C(N/N=C/c1c(Cl)ncnc1Cl)c1cc(-c2ccco2)nc2ccccc12. The highest BCUT2D eigenvalue weighted by Gasteiger charge is 2.15. The first-order valence-corrected chi connectivity index (χ1v) is 8.82. The van der Waals surface area contributed by atoms with E-state index in [1.807, 2.05) is 24.3 Å². The number of para-hydroxylation sites is 1. The minimum Gasteiger partial charge on any atom is -0.463 e. The Bertz CT molecular complexity index is 1170. The summed E-state index contributed by atoms with van der Waals surface area (Å²) in [6, 6.07) is 12.5. The second kappa shape index (κ2) is 7.75. The third-order valence-corrected chi connectivity index (χ3v) is 4.48. The van der Waals surface area contributed by atoms with E-state index in [1.165, 1.54) is 12.5 Å². The second-order valence-corrected chi connectivity index (χ2v) is 6.33. The molecule has 0 fully saturated rings. The van der Waals surface area contributed by atoms with Crippen LogP contribution >= 0.6 is 23.2 Å². The molecule has 0 spiro atoms. The smallest absolute Gasteiger partial charge is 0.272 e. The van der Waals surface area contributed by atoms with Gasteiger partial charge in [0.15, 0.2) is 5.76 Å². The van der Waals surface area contributed by atoms with E-state index in [9.17, 15) is 4.79 Å². The van der Waals surface area contributed by atoms with Crippen molar-refractivity contribution in [3.05, 3.63) is 76.5 Å². The molecule has 0 saturated carbocycles. The highest BCUT2D eigenvalue weighted by Crippen LogP contribution is 2.25. The molecule has 1 N–H and O–H groups in total. The first kappa shape index (κ1) is 18.1. The van der Waals surface area contributed by atoms with Gasteiger partial charge >= 0.3 is 0 Å². The Balaban J connectivity index is 1.68. The van der Waals surface area contributed by atoms with E-state index in [2.05, 4.69) is 25.5 Å². The van der Waals surface area contributed by atoms with Gasteiger partial charge in [0.05, 0.1) is 29.1 Å². The lowest BCUT2D eigenvalue weighted by Gasteiger charge is -2.07. The van der Waals surface area contributed by atoms with E-state index in [4.69, 9.17) is 27.6 Å². The zero-order chi connectivity index (χ0) is 19.5. The predicted molar refractivity (Wildman–Crippen MR) is 107 cm³/mol. The van der Waals surface area contributed by atoms with Crippen LogP contribution in [0.2, 0.25) is 10.3 Å². The molecule has 0 aliphatic heterocycles. The highest BCUT2D eigenvalue weighted by molar-refractivity contribution is 6.37. The zero-order valence-electron chi connectivity index (χ0n) is 14.1. The van der Waals surface area contributed by atoms with Crippen LogP contribution in [0.4, 0.5) is 0 Å². The molecule has 0 radical (unpaired) electrons. The molecule has 7 nitrogen and oxygen atoms in total. The number of carbonyl (C=O) groups excluding carboxylic acids is 1. The van der Waals surface area contributed by atoms with Crippen LogP contribution in [0.1, 0.15) is 15.9 Å². The van der Waals surface area contributed by atoms with Gasteiger partial charge in [-0.2, -0.15) is 5.10 Å². The fraction of sp³-hybridized carbons (Fsp3) is 0. The average Bonchev–Trinajstić information content (AvgIpc) is 3.24. The Kier molecular flexibility index (Phi) is 5.01. The molecule has 1 amide bonds. The molecule has 1 aromatic carbocycles. The van der Waals surface area contributed by atoms with E-state index < -0.39 is 5.91 Å². The van der Waals surface area contributed by atoms with Crippen molar-refractivity contribution in [2.45, 2.75) is 0 Å². The third kappa shape index (κ3) is 3.58. The number of nitrogens with one attached hydrogen (secondary N) is 1. The van der Waals surface area contributed by atoms with Gasteiger partial charge in [-0.25, -0.2) is 20.4 Å². The van der Waals surface area contributed by atoms with E-state index in [0.29, 0.717) is 33.5 Å². The number of pyridine rings is 1. The van der Waals surface area contributed by atoms with Gasteiger partial charge in [-0.15, -0.1) is 0 Å². The number of furan rings is 1. The number of fused-ring (bicyclic) bond motifs is 1. The first-order chi connectivity index (χ1) is 13.6. The molecule has 0 unspecified atom stereocenters. The van der Waals surface area contributed by atoms with Crippen molar-refractivity contribution < 1.29 is 9.21 Å². The predicted octanol–water partition coefficient (Wildman–Crippen LogP) is 4.36. The average molecular weight is 412 g/mol. The summed E-state index contributed by atoms with van der Waals surface area (Å²) in [6.45, 7) is 0. The first-order valence-electron chi connectivity index (χ1n) is 8.06. The zero-order valence-corrected chi connectivity index (χ0v) is 15.6. The number of hydrazone groups is 1. The van der Waals surface area contributed by atoms with Crippen molar-refractivity contribution in [1.29, 1.82) is 0 Å². The van der Waals surface area contributed by atoms with E-state index in [1.54, 1.807) is 24.5 Å². The van der Waals surface area contributed by atoms with Gasteiger partial charge in [-0.05, 0) is 24.3 Å². The van der Waals surface area contributed by atoms with E-state index in [0.717, 1.165) is 0 Å². The maximum Gasteiger partial charge on any atom is 0.272 e. The van der Waals surface area contributed by atoms with Crippen molar-refractivity contribution in [2.75, 3.05) is 0 Å². The molecular formula is C19H11Cl2N5O2. The van der Waals surface area contributed by atoms with Crippen molar-refractivity contribution in [2.24, 2.45) is 5.10 Å². The summed E-state index contributed by atoms with van der Waals surface area (Å²) >= 11 is 11.9. The Morgan fingerprint density at radius 1 is 1.11 bits per heavy atom. The van der Waals surface area contributed by atoms with Crippen LogP contribution < -0.4 is 5.43 Å². The van der Waals surface area contributed by atoms with Crippen LogP contribution in [-0.2, 0) is 0 Å². The number of benzene rings is 1. The molecule has 0 saturated heterocycles. The van der Waals surface area contributed by atoms with Crippen LogP contribution in [0.25, 0.3) is 22.4 Å². The molecule has 0 aliphatic carbocycles. The summed E-state index contributed by atoms with van der Waals surface area (Å²) in [5.74, 6) is 0.134. The van der Waals surface area contributed by atoms with Gasteiger partial charge in [0.2, 0.25) is 0 Å². The van der Waals surface area contributed by atoms with Crippen molar-refractivity contribution >= 4 is 46.2 Å². The number of hydrogen-bond donors (Lipinski definition) is 1. The lowest BCUT2D eigenvalue weighted by atomic mass is 10.1. The number of halogens is 2. The second-order valence-electron chi connectivity index (χ2n) is 5.62. The maximum atomic E-state index is 12.8.